The van der Waals surface area contributed by atoms with Gasteiger partial charge in [-0.2, -0.15) is 0 Å². The molecular formula is C22H20N4O2S. The monoisotopic (exact) mass is 404 g/mol. The summed E-state index contributed by atoms with van der Waals surface area (Å²) in [6.45, 7) is 3.86. The smallest absolute Gasteiger partial charge is 0.268 e. The molecule has 0 aliphatic heterocycles. The number of hydrogen-bond acceptors (Lipinski definition) is 6. The molecule has 0 radical (unpaired) electrons. The SMILES string of the molecule is CCCS(=O)c1ccccc1-c1cnc(C)c(-c2nnc(-c3ccccc3)o2)n1. The van der Waals surface area contributed by atoms with Crippen LogP contribution in [0.3, 0.4) is 0 Å². The first-order valence-electron chi connectivity index (χ1n) is 9.38. The van der Waals surface area contributed by atoms with Gasteiger partial charge in [0.15, 0.2) is 0 Å². The van der Waals surface area contributed by atoms with Crippen molar-refractivity contribution in [2.75, 3.05) is 5.75 Å². The summed E-state index contributed by atoms with van der Waals surface area (Å²) in [5.74, 6) is 1.34. The van der Waals surface area contributed by atoms with Gasteiger partial charge < -0.3 is 4.42 Å². The lowest BCUT2D eigenvalue weighted by molar-refractivity contribution is 0.581. The number of aryl methyl sites for hydroxylation is 1. The van der Waals surface area contributed by atoms with Crippen LogP contribution in [-0.2, 0) is 10.8 Å². The molecule has 4 rings (SSSR count). The molecule has 29 heavy (non-hydrogen) atoms. The fourth-order valence-corrected chi connectivity index (χ4v) is 4.21. The van der Waals surface area contributed by atoms with Gasteiger partial charge >= 0.3 is 0 Å². The Morgan fingerprint density at radius 3 is 2.48 bits per heavy atom. The Bertz CT molecular complexity index is 1160. The Morgan fingerprint density at radius 2 is 1.69 bits per heavy atom. The minimum atomic E-state index is -1.09. The lowest BCUT2D eigenvalue weighted by Crippen LogP contribution is -2.01. The van der Waals surface area contributed by atoms with Crippen molar-refractivity contribution in [3.8, 4) is 34.3 Å². The Labute approximate surface area is 171 Å². The quantitative estimate of drug-likeness (QED) is 0.464. The zero-order valence-corrected chi connectivity index (χ0v) is 17.0. The minimum Gasteiger partial charge on any atom is -0.415 e. The molecule has 2 aromatic carbocycles. The fraction of sp³-hybridized carbons (Fsp3) is 0.182. The van der Waals surface area contributed by atoms with Crippen molar-refractivity contribution in [2.24, 2.45) is 0 Å². The molecule has 0 N–H and O–H groups in total. The van der Waals surface area contributed by atoms with Crippen molar-refractivity contribution in [2.45, 2.75) is 25.2 Å². The van der Waals surface area contributed by atoms with Crippen LogP contribution in [0.4, 0.5) is 0 Å². The first-order valence-corrected chi connectivity index (χ1v) is 10.7. The van der Waals surface area contributed by atoms with Gasteiger partial charge in [-0.1, -0.05) is 43.3 Å². The molecule has 7 heteroatoms. The zero-order valence-electron chi connectivity index (χ0n) is 16.2. The van der Waals surface area contributed by atoms with Crippen molar-refractivity contribution in [3.05, 3.63) is 66.5 Å². The van der Waals surface area contributed by atoms with Crippen molar-refractivity contribution >= 4 is 10.8 Å². The predicted molar refractivity (Wildman–Crippen MR) is 112 cm³/mol. The summed E-state index contributed by atoms with van der Waals surface area (Å²) >= 11 is 0. The number of nitrogens with zero attached hydrogens (tertiary/aromatic N) is 4. The molecule has 1 unspecified atom stereocenters. The fourth-order valence-electron chi connectivity index (χ4n) is 2.97. The molecule has 1 atom stereocenters. The van der Waals surface area contributed by atoms with E-state index in [0.717, 1.165) is 22.4 Å². The molecule has 0 spiro atoms. The molecular weight excluding hydrogens is 384 g/mol. The van der Waals surface area contributed by atoms with Gasteiger partial charge in [0.05, 0.1) is 28.4 Å². The average Bonchev–Trinajstić information content (AvgIpc) is 3.25. The third-order valence-corrected chi connectivity index (χ3v) is 6.03. The Morgan fingerprint density at radius 1 is 0.966 bits per heavy atom. The van der Waals surface area contributed by atoms with Crippen LogP contribution >= 0.6 is 0 Å². The van der Waals surface area contributed by atoms with Gasteiger partial charge in [-0.3, -0.25) is 9.19 Å². The topological polar surface area (TPSA) is 81.8 Å². The van der Waals surface area contributed by atoms with Crippen molar-refractivity contribution in [1.29, 1.82) is 0 Å². The van der Waals surface area contributed by atoms with Crippen LogP contribution in [0, 0.1) is 6.92 Å². The number of benzene rings is 2. The standard InChI is InChI=1S/C22H20N4O2S/c1-3-13-29(27)19-12-8-7-11-17(19)18-14-23-15(2)20(24-18)22-26-25-21(28-22)16-9-5-4-6-10-16/h4-12,14H,3,13H2,1-2H3. The van der Waals surface area contributed by atoms with Gasteiger partial charge in [0.2, 0.25) is 5.89 Å². The van der Waals surface area contributed by atoms with Crippen LogP contribution in [0.2, 0.25) is 0 Å². The highest BCUT2D eigenvalue weighted by molar-refractivity contribution is 7.85. The molecule has 6 nitrogen and oxygen atoms in total. The van der Waals surface area contributed by atoms with Gasteiger partial charge in [0, 0.05) is 21.8 Å². The molecule has 0 aliphatic carbocycles. The maximum absolute atomic E-state index is 12.6. The highest BCUT2D eigenvalue weighted by Gasteiger charge is 2.18. The van der Waals surface area contributed by atoms with Crippen LogP contribution in [-0.4, -0.2) is 30.1 Å². The molecule has 0 saturated heterocycles. The molecule has 146 valence electrons. The lowest BCUT2D eigenvalue weighted by atomic mass is 10.1. The third-order valence-electron chi connectivity index (χ3n) is 4.40. The van der Waals surface area contributed by atoms with E-state index in [4.69, 9.17) is 9.40 Å². The van der Waals surface area contributed by atoms with Crippen LogP contribution in [0.15, 0.2) is 70.1 Å². The van der Waals surface area contributed by atoms with Gasteiger partial charge in [-0.15, -0.1) is 10.2 Å². The van der Waals surface area contributed by atoms with E-state index in [1.165, 1.54) is 0 Å². The molecule has 4 aromatic rings. The van der Waals surface area contributed by atoms with E-state index in [-0.39, 0.29) is 0 Å². The second-order valence-corrected chi connectivity index (χ2v) is 8.05. The van der Waals surface area contributed by atoms with E-state index in [9.17, 15) is 4.21 Å². The number of hydrogen-bond donors (Lipinski definition) is 0. The second kappa shape index (κ2) is 8.45. The summed E-state index contributed by atoms with van der Waals surface area (Å²) in [5.41, 5.74) is 3.48. The van der Waals surface area contributed by atoms with Crippen molar-refractivity contribution in [1.82, 2.24) is 20.2 Å². The molecule has 2 aromatic heterocycles. The largest absolute Gasteiger partial charge is 0.415 e. The molecule has 0 amide bonds. The van der Waals surface area contributed by atoms with Gasteiger partial charge in [0.1, 0.15) is 5.69 Å². The maximum atomic E-state index is 12.6. The van der Waals surface area contributed by atoms with Crippen LogP contribution in [0.25, 0.3) is 34.3 Å². The second-order valence-electron chi connectivity index (χ2n) is 6.51. The van der Waals surface area contributed by atoms with Gasteiger partial charge in [0.25, 0.3) is 5.89 Å². The van der Waals surface area contributed by atoms with Gasteiger partial charge in [-0.25, -0.2) is 4.98 Å². The predicted octanol–water partition coefficient (Wildman–Crippen LogP) is 4.69. The summed E-state index contributed by atoms with van der Waals surface area (Å²) in [7, 11) is -1.09. The first kappa shape index (κ1) is 19.1. The molecule has 2 heterocycles. The maximum Gasteiger partial charge on any atom is 0.268 e. The Hall–Kier alpha value is -3.19. The summed E-state index contributed by atoms with van der Waals surface area (Å²) < 4.78 is 18.5. The molecule has 0 aliphatic rings. The van der Waals surface area contributed by atoms with Crippen molar-refractivity contribution in [3.63, 3.8) is 0 Å². The van der Waals surface area contributed by atoms with E-state index in [0.29, 0.717) is 34.6 Å². The normalized spacial score (nSPS) is 12.1. The van der Waals surface area contributed by atoms with Crippen molar-refractivity contribution < 1.29 is 8.63 Å². The van der Waals surface area contributed by atoms with Crippen LogP contribution < -0.4 is 0 Å². The summed E-state index contributed by atoms with van der Waals surface area (Å²) in [5, 5.41) is 8.31. The van der Waals surface area contributed by atoms with E-state index >= 15 is 0 Å². The lowest BCUT2D eigenvalue weighted by Gasteiger charge is -2.09. The Kier molecular flexibility index (Phi) is 5.57. The number of rotatable bonds is 6. The molecule has 0 fully saturated rings. The minimum absolute atomic E-state index is 0.308. The van der Waals surface area contributed by atoms with E-state index in [1.54, 1.807) is 6.20 Å². The van der Waals surface area contributed by atoms with E-state index < -0.39 is 10.8 Å². The highest BCUT2D eigenvalue weighted by atomic mass is 32.2. The summed E-state index contributed by atoms with van der Waals surface area (Å²) in [6, 6.07) is 17.2. The summed E-state index contributed by atoms with van der Waals surface area (Å²) in [6.07, 6.45) is 2.53. The van der Waals surface area contributed by atoms with Crippen LogP contribution in [0.1, 0.15) is 19.0 Å². The van der Waals surface area contributed by atoms with Gasteiger partial charge in [-0.05, 0) is 31.5 Å². The first-order chi connectivity index (χ1) is 14.2. The Balaban J connectivity index is 1.75. The number of aromatic nitrogens is 4. The summed E-state index contributed by atoms with van der Waals surface area (Å²) in [4.78, 5) is 9.96. The van der Waals surface area contributed by atoms with E-state index in [2.05, 4.69) is 15.2 Å². The van der Waals surface area contributed by atoms with Crippen LogP contribution in [0.5, 0.6) is 0 Å². The zero-order chi connectivity index (χ0) is 20.2. The highest BCUT2D eigenvalue weighted by Crippen LogP contribution is 2.29. The average molecular weight is 404 g/mol. The third kappa shape index (κ3) is 4.00. The molecule has 0 bridgehead atoms. The molecule has 0 saturated carbocycles. The van der Waals surface area contributed by atoms with E-state index in [1.807, 2.05) is 68.4 Å².